The number of benzene rings is 1. The number of amides is 1. The molecule has 0 aliphatic heterocycles. The molecule has 0 aromatic heterocycles. The summed E-state index contributed by atoms with van der Waals surface area (Å²) in [5.41, 5.74) is 7.07. The lowest BCUT2D eigenvalue weighted by Crippen LogP contribution is -2.39. The molecule has 20 heavy (non-hydrogen) atoms. The predicted octanol–water partition coefficient (Wildman–Crippen LogP) is 2.01. The highest BCUT2D eigenvalue weighted by Crippen LogP contribution is 2.23. The van der Waals surface area contributed by atoms with Crippen LogP contribution in [-0.2, 0) is 4.79 Å². The monoisotopic (exact) mass is 276 g/mol. The molecule has 2 unspecified atom stereocenters. The molecule has 2 rings (SSSR count). The van der Waals surface area contributed by atoms with Crippen molar-refractivity contribution in [2.75, 3.05) is 13.2 Å². The largest absolute Gasteiger partial charge is 0.492 e. The average Bonchev–Trinajstić information content (AvgIpc) is 2.43. The van der Waals surface area contributed by atoms with Gasteiger partial charge in [0.25, 0.3) is 0 Å². The van der Waals surface area contributed by atoms with Gasteiger partial charge in [0, 0.05) is 12.0 Å². The first-order chi connectivity index (χ1) is 9.65. The Morgan fingerprint density at radius 3 is 3.05 bits per heavy atom. The number of aryl methyl sites for hydroxylation is 1. The van der Waals surface area contributed by atoms with Gasteiger partial charge in [-0.15, -0.1) is 0 Å². The molecule has 0 saturated heterocycles. The first kappa shape index (κ1) is 14.9. The molecule has 1 aromatic rings. The van der Waals surface area contributed by atoms with Crippen molar-refractivity contribution in [3.63, 3.8) is 0 Å². The highest BCUT2D eigenvalue weighted by molar-refractivity contribution is 5.78. The van der Waals surface area contributed by atoms with Crippen LogP contribution in [0.4, 0.5) is 0 Å². The molecule has 0 bridgehead atoms. The molecule has 1 aromatic carbocycles. The maximum atomic E-state index is 12.0. The Hall–Kier alpha value is -1.55. The van der Waals surface area contributed by atoms with Crippen LogP contribution in [0.3, 0.4) is 0 Å². The van der Waals surface area contributed by atoms with Crippen LogP contribution < -0.4 is 15.8 Å². The van der Waals surface area contributed by atoms with Crippen molar-refractivity contribution >= 4 is 5.91 Å². The summed E-state index contributed by atoms with van der Waals surface area (Å²) in [5, 5.41) is 2.94. The zero-order valence-corrected chi connectivity index (χ0v) is 12.1. The van der Waals surface area contributed by atoms with E-state index >= 15 is 0 Å². The molecular weight excluding hydrogens is 252 g/mol. The van der Waals surface area contributed by atoms with Gasteiger partial charge in [0.05, 0.1) is 6.54 Å². The minimum Gasteiger partial charge on any atom is -0.492 e. The summed E-state index contributed by atoms with van der Waals surface area (Å²) < 4.78 is 5.61. The highest BCUT2D eigenvalue weighted by atomic mass is 16.5. The van der Waals surface area contributed by atoms with Crippen LogP contribution >= 0.6 is 0 Å². The number of hydrogen-bond donors (Lipinski definition) is 2. The molecule has 4 heteroatoms. The predicted molar refractivity (Wildman–Crippen MR) is 79.6 cm³/mol. The summed E-state index contributed by atoms with van der Waals surface area (Å²) in [7, 11) is 0. The summed E-state index contributed by atoms with van der Waals surface area (Å²) in [6.07, 6.45) is 3.86. The summed E-state index contributed by atoms with van der Waals surface area (Å²) in [6, 6.07) is 8.09. The van der Waals surface area contributed by atoms with Gasteiger partial charge in [-0.2, -0.15) is 0 Å². The van der Waals surface area contributed by atoms with Crippen molar-refractivity contribution in [1.29, 1.82) is 0 Å². The normalized spacial score (nSPS) is 22.3. The molecule has 3 N–H and O–H groups in total. The van der Waals surface area contributed by atoms with E-state index in [4.69, 9.17) is 10.5 Å². The van der Waals surface area contributed by atoms with E-state index < -0.39 is 0 Å². The number of carbonyl (C=O) groups excluding carboxylic acids is 1. The van der Waals surface area contributed by atoms with Gasteiger partial charge in [0.2, 0.25) is 5.91 Å². The second kappa shape index (κ2) is 7.29. The van der Waals surface area contributed by atoms with E-state index in [0.29, 0.717) is 13.2 Å². The Kier molecular flexibility index (Phi) is 5.41. The van der Waals surface area contributed by atoms with Crippen molar-refractivity contribution in [2.45, 2.75) is 38.6 Å². The molecule has 0 heterocycles. The summed E-state index contributed by atoms with van der Waals surface area (Å²) in [6.45, 7) is 3.06. The van der Waals surface area contributed by atoms with Crippen LogP contribution in [0.2, 0.25) is 0 Å². The van der Waals surface area contributed by atoms with E-state index in [-0.39, 0.29) is 17.9 Å². The molecule has 110 valence electrons. The summed E-state index contributed by atoms with van der Waals surface area (Å²) in [5.74, 6) is 1.05. The number of rotatable bonds is 5. The fourth-order valence-electron chi connectivity index (χ4n) is 2.66. The maximum Gasteiger partial charge on any atom is 0.223 e. The lowest BCUT2D eigenvalue weighted by molar-refractivity contribution is -0.126. The first-order valence-electron chi connectivity index (χ1n) is 7.38. The second-order valence-corrected chi connectivity index (χ2v) is 5.58. The topological polar surface area (TPSA) is 64.3 Å². The lowest BCUT2D eigenvalue weighted by atomic mass is 9.85. The Labute approximate surface area is 120 Å². The summed E-state index contributed by atoms with van der Waals surface area (Å²) in [4.78, 5) is 12.0. The van der Waals surface area contributed by atoms with Crippen molar-refractivity contribution in [2.24, 2.45) is 11.7 Å². The minimum absolute atomic E-state index is 0.0812. The van der Waals surface area contributed by atoms with E-state index in [1.807, 2.05) is 31.2 Å². The van der Waals surface area contributed by atoms with Gasteiger partial charge < -0.3 is 15.8 Å². The van der Waals surface area contributed by atoms with Crippen LogP contribution in [0.25, 0.3) is 0 Å². The Morgan fingerprint density at radius 1 is 1.45 bits per heavy atom. The number of carbonyl (C=O) groups is 1. The molecule has 2 atom stereocenters. The third-order valence-electron chi connectivity index (χ3n) is 3.75. The van der Waals surface area contributed by atoms with Crippen LogP contribution in [0, 0.1) is 12.8 Å². The third kappa shape index (κ3) is 4.53. The van der Waals surface area contributed by atoms with Crippen LogP contribution in [0.1, 0.15) is 31.2 Å². The van der Waals surface area contributed by atoms with Crippen molar-refractivity contribution in [3.05, 3.63) is 29.8 Å². The first-order valence-corrected chi connectivity index (χ1v) is 7.38. The number of ether oxygens (including phenoxy) is 1. The van der Waals surface area contributed by atoms with Crippen molar-refractivity contribution < 1.29 is 9.53 Å². The maximum absolute atomic E-state index is 12.0. The molecule has 1 saturated carbocycles. The molecule has 1 fully saturated rings. The van der Waals surface area contributed by atoms with Crippen LogP contribution in [0.15, 0.2) is 24.3 Å². The van der Waals surface area contributed by atoms with Gasteiger partial charge >= 0.3 is 0 Å². The molecule has 1 amide bonds. The Morgan fingerprint density at radius 2 is 2.30 bits per heavy atom. The van der Waals surface area contributed by atoms with E-state index in [1.165, 1.54) is 5.56 Å². The van der Waals surface area contributed by atoms with Crippen molar-refractivity contribution in [1.82, 2.24) is 5.32 Å². The van der Waals surface area contributed by atoms with Gasteiger partial charge in [0.1, 0.15) is 12.4 Å². The molecule has 0 radical (unpaired) electrons. The van der Waals surface area contributed by atoms with Gasteiger partial charge in [-0.1, -0.05) is 18.6 Å². The van der Waals surface area contributed by atoms with E-state index in [1.54, 1.807) is 0 Å². The fourth-order valence-corrected chi connectivity index (χ4v) is 2.66. The number of nitrogens with one attached hydrogen (secondary N) is 1. The van der Waals surface area contributed by atoms with Crippen LogP contribution in [-0.4, -0.2) is 25.1 Å². The van der Waals surface area contributed by atoms with Gasteiger partial charge in [0.15, 0.2) is 0 Å². The second-order valence-electron chi connectivity index (χ2n) is 5.58. The zero-order chi connectivity index (χ0) is 14.4. The molecule has 1 aliphatic rings. The van der Waals surface area contributed by atoms with Crippen molar-refractivity contribution in [3.8, 4) is 5.75 Å². The molecule has 4 nitrogen and oxygen atoms in total. The Balaban J connectivity index is 1.66. The minimum atomic E-state index is 0.0812. The number of hydrogen-bond acceptors (Lipinski definition) is 3. The quantitative estimate of drug-likeness (QED) is 0.809. The molecular formula is C16H24N2O2. The van der Waals surface area contributed by atoms with Crippen LogP contribution in [0.5, 0.6) is 5.75 Å². The van der Waals surface area contributed by atoms with Gasteiger partial charge in [-0.3, -0.25) is 4.79 Å². The van der Waals surface area contributed by atoms with Gasteiger partial charge in [-0.25, -0.2) is 0 Å². The standard InChI is InChI=1S/C16H24N2O2/c1-12-4-2-7-15(10-12)20-9-8-18-16(19)13-5-3-6-14(17)11-13/h2,4,7,10,13-14H,3,5-6,8-9,11,17H2,1H3,(H,18,19). The van der Waals surface area contributed by atoms with E-state index in [2.05, 4.69) is 5.32 Å². The third-order valence-corrected chi connectivity index (χ3v) is 3.75. The lowest BCUT2D eigenvalue weighted by Gasteiger charge is -2.25. The smallest absolute Gasteiger partial charge is 0.223 e. The zero-order valence-electron chi connectivity index (χ0n) is 12.1. The number of nitrogens with two attached hydrogens (primary N) is 1. The fraction of sp³-hybridized carbons (Fsp3) is 0.562. The van der Waals surface area contributed by atoms with Gasteiger partial charge in [-0.05, 0) is 43.9 Å². The average molecular weight is 276 g/mol. The SMILES string of the molecule is Cc1cccc(OCCNC(=O)C2CCCC(N)C2)c1. The Bertz CT molecular complexity index is 448. The molecule has 1 aliphatic carbocycles. The van der Waals surface area contributed by atoms with E-state index in [0.717, 1.165) is 31.4 Å². The molecule has 0 spiro atoms. The highest BCUT2D eigenvalue weighted by Gasteiger charge is 2.24. The summed E-state index contributed by atoms with van der Waals surface area (Å²) >= 11 is 0. The van der Waals surface area contributed by atoms with E-state index in [9.17, 15) is 4.79 Å².